The van der Waals surface area contributed by atoms with Crippen LogP contribution in [0.2, 0.25) is 0 Å². The van der Waals surface area contributed by atoms with Crippen LogP contribution < -0.4 is 10.9 Å². The molecule has 130 valence electrons. The summed E-state index contributed by atoms with van der Waals surface area (Å²) in [4.78, 5) is 25.5. The number of carbonyl (C=O) groups excluding carboxylic acids is 1. The van der Waals surface area contributed by atoms with Crippen LogP contribution in [-0.4, -0.2) is 26.0 Å². The van der Waals surface area contributed by atoms with Crippen molar-refractivity contribution in [2.24, 2.45) is 0 Å². The lowest BCUT2D eigenvalue weighted by Crippen LogP contribution is -2.29. The summed E-state index contributed by atoms with van der Waals surface area (Å²) in [6.07, 6.45) is 3.28. The van der Waals surface area contributed by atoms with Crippen molar-refractivity contribution in [1.82, 2.24) is 25.5 Å². The fourth-order valence-electron chi connectivity index (χ4n) is 1.99. The molecule has 3 rings (SSSR count). The number of nitrogens with one attached hydrogen (secondary N) is 2. The first-order valence-corrected chi connectivity index (χ1v) is 8.44. The molecular formula is C16H18N6O2S. The van der Waals surface area contributed by atoms with Crippen LogP contribution in [0.5, 0.6) is 0 Å². The molecule has 0 aliphatic heterocycles. The molecule has 0 aliphatic carbocycles. The van der Waals surface area contributed by atoms with Gasteiger partial charge in [0, 0.05) is 23.4 Å². The fraction of sp³-hybridized carbons (Fsp3) is 0.312. The summed E-state index contributed by atoms with van der Waals surface area (Å²) in [5, 5.41) is 4.76. The van der Waals surface area contributed by atoms with E-state index in [1.54, 1.807) is 24.5 Å². The summed E-state index contributed by atoms with van der Waals surface area (Å²) in [7, 11) is 0. The molecule has 2 N–H and O–H groups in total. The van der Waals surface area contributed by atoms with E-state index in [0.29, 0.717) is 16.4 Å². The van der Waals surface area contributed by atoms with Crippen molar-refractivity contribution in [3.63, 3.8) is 0 Å². The minimum Gasteiger partial charge on any atom is -0.313 e. The van der Waals surface area contributed by atoms with Crippen molar-refractivity contribution in [3.05, 3.63) is 40.1 Å². The number of nitrogens with zero attached hydrogens (tertiary/aromatic N) is 4. The zero-order chi connectivity index (χ0) is 18.0. The maximum atomic E-state index is 12.4. The molecule has 0 unspecified atom stereocenters. The Morgan fingerprint density at radius 2 is 1.92 bits per heavy atom. The van der Waals surface area contributed by atoms with Gasteiger partial charge in [0.25, 0.3) is 5.91 Å². The second kappa shape index (κ2) is 6.60. The molecule has 9 heteroatoms. The molecule has 0 aliphatic rings. The van der Waals surface area contributed by atoms with Crippen LogP contribution in [-0.2, 0) is 5.41 Å². The van der Waals surface area contributed by atoms with Gasteiger partial charge in [-0.1, -0.05) is 25.9 Å². The third-order valence-electron chi connectivity index (χ3n) is 3.29. The summed E-state index contributed by atoms with van der Waals surface area (Å²) in [5.74, 6) is 0.109. The lowest BCUT2D eigenvalue weighted by Gasteiger charge is -2.13. The highest BCUT2D eigenvalue weighted by Gasteiger charge is 2.23. The first-order chi connectivity index (χ1) is 11.8. The Bertz CT molecular complexity index is 882. The van der Waals surface area contributed by atoms with Gasteiger partial charge in [0.05, 0.1) is 10.7 Å². The van der Waals surface area contributed by atoms with Gasteiger partial charge in [-0.3, -0.25) is 15.2 Å². The fourth-order valence-corrected chi connectivity index (χ4v) is 3.01. The van der Waals surface area contributed by atoms with Gasteiger partial charge in [0.15, 0.2) is 0 Å². The third kappa shape index (κ3) is 3.82. The number of rotatable bonds is 4. The molecule has 0 aromatic carbocycles. The zero-order valence-corrected chi connectivity index (χ0v) is 15.1. The van der Waals surface area contributed by atoms with Gasteiger partial charge in [-0.15, -0.1) is 11.3 Å². The molecule has 3 aromatic heterocycles. The average Bonchev–Trinajstić information content (AvgIpc) is 3.20. The minimum atomic E-state index is -0.297. The molecule has 0 spiro atoms. The summed E-state index contributed by atoms with van der Waals surface area (Å²) < 4.78 is 5.08. The van der Waals surface area contributed by atoms with Gasteiger partial charge in [0.2, 0.25) is 5.82 Å². The molecular weight excluding hydrogens is 340 g/mol. The highest BCUT2D eigenvalue weighted by molar-refractivity contribution is 7.14. The van der Waals surface area contributed by atoms with E-state index in [9.17, 15) is 4.79 Å². The summed E-state index contributed by atoms with van der Waals surface area (Å²) in [6, 6.07) is 3.63. The zero-order valence-electron chi connectivity index (χ0n) is 14.3. The third-order valence-corrected chi connectivity index (χ3v) is 4.87. The molecule has 0 bridgehead atoms. The first kappa shape index (κ1) is 17.0. The molecule has 0 fully saturated rings. The summed E-state index contributed by atoms with van der Waals surface area (Å²) in [6.45, 7) is 7.99. The highest BCUT2D eigenvalue weighted by atomic mass is 32.1. The van der Waals surface area contributed by atoms with Crippen molar-refractivity contribution in [3.8, 4) is 11.4 Å². The molecule has 3 heterocycles. The van der Waals surface area contributed by atoms with Gasteiger partial charge in [-0.2, -0.15) is 4.98 Å². The highest BCUT2D eigenvalue weighted by Crippen LogP contribution is 2.29. The first-order valence-electron chi connectivity index (χ1n) is 7.63. The lowest BCUT2D eigenvalue weighted by molar-refractivity contribution is 0.0964. The second-order valence-corrected chi connectivity index (χ2v) is 7.42. The predicted octanol–water partition coefficient (Wildman–Crippen LogP) is 2.95. The predicted molar refractivity (Wildman–Crippen MR) is 94.2 cm³/mol. The number of pyridine rings is 1. The molecule has 0 atom stereocenters. The van der Waals surface area contributed by atoms with Gasteiger partial charge in [-0.05, 0) is 19.1 Å². The van der Waals surface area contributed by atoms with Gasteiger partial charge in [0.1, 0.15) is 4.88 Å². The number of hydrogen-bond donors (Lipinski definition) is 2. The maximum absolute atomic E-state index is 12.4. The Kier molecular flexibility index (Phi) is 4.49. The van der Waals surface area contributed by atoms with Crippen molar-refractivity contribution in [2.45, 2.75) is 33.1 Å². The van der Waals surface area contributed by atoms with Crippen LogP contribution >= 0.6 is 11.3 Å². The topological polar surface area (TPSA) is 106 Å². The molecule has 0 saturated carbocycles. The van der Waals surface area contributed by atoms with Crippen LogP contribution in [0.25, 0.3) is 11.4 Å². The van der Waals surface area contributed by atoms with Crippen molar-refractivity contribution < 1.29 is 9.32 Å². The smallest absolute Gasteiger partial charge is 0.313 e. The Morgan fingerprint density at radius 1 is 1.20 bits per heavy atom. The summed E-state index contributed by atoms with van der Waals surface area (Å²) >= 11 is 1.38. The second-order valence-electron chi connectivity index (χ2n) is 6.42. The molecule has 0 saturated heterocycles. The lowest BCUT2D eigenvalue weighted by atomic mass is 9.98. The van der Waals surface area contributed by atoms with E-state index in [0.717, 1.165) is 10.6 Å². The standard InChI is InChI=1S/C16H18N6O2S/c1-9-11(25-14(18-9)16(2,3)4)13(23)20-21-15-19-12(22-24-15)10-5-7-17-8-6-10/h5-8H,1-4H3,(H,20,23)(H,19,21,22). The van der Waals surface area contributed by atoms with Gasteiger partial charge >= 0.3 is 6.01 Å². The van der Waals surface area contributed by atoms with Gasteiger partial charge < -0.3 is 4.52 Å². The Hall–Kier alpha value is -2.81. The number of hydrogen-bond acceptors (Lipinski definition) is 8. The van der Waals surface area contributed by atoms with Crippen LogP contribution in [0.3, 0.4) is 0 Å². The van der Waals surface area contributed by atoms with Crippen molar-refractivity contribution in [2.75, 3.05) is 5.43 Å². The van der Waals surface area contributed by atoms with Crippen LogP contribution in [0, 0.1) is 6.92 Å². The molecule has 0 radical (unpaired) electrons. The van der Waals surface area contributed by atoms with E-state index in [1.807, 2.05) is 6.92 Å². The van der Waals surface area contributed by atoms with E-state index >= 15 is 0 Å². The monoisotopic (exact) mass is 358 g/mol. The van der Waals surface area contributed by atoms with Crippen LogP contribution in [0.15, 0.2) is 29.0 Å². The number of carbonyl (C=O) groups is 1. The molecule has 1 amide bonds. The number of thiazole rings is 1. The molecule has 3 aromatic rings. The quantitative estimate of drug-likeness (QED) is 0.691. The largest absolute Gasteiger partial charge is 0.340 e. The number of aryl methyl sites for hydroxylation is 1. The number of anilines is 1. The Morgan fingerprint density at radius 3 is 2.56 bits per heavy atom. The Balaban J connectivity index is 1.67. The van der Waals surface area contributed by atoms with E-state index in [2.05, 4.69) is 51.7 Å². The normalized spacial score (nSPS) is 11.4. The number of aromatic nitrogens is 4. The van der Waals surface area contributed by atoms with Crippen molar-refractivity contribution >= 4 is 23.3 Å². The number of amides is 1. The van der Waals surface area contributed by atoms with Crippen LogP contribution in [0.1, 0.15) is 41.1 Å². The van der Waals surface area contributed by atoms with Crippen molar-refractivity contribution in [1.29, 1.82) is 0 Å². The van der Waals surface area contributed by atoms with E-state index in [-0.39, 0.29) is 17.3 Å². The van der Waals surface area contributed by atoms with E-state index in [1.165, 1.54) is 11.3 Å². The summed E-state index contributed by atoms with van der Waals surface area (Å²) in [5.41, 5.74) is 6.55. The van der Waals surface area contributed by atoms with Gasteiger partial charge in [-0.25, -0.2) is 10.4 Å². The average molecular weight is 358 g/mol. The molecule has 25 heavy (non-hydrogen) atoms. The minimum absolute atomic E-state index is 0.0957. The van der Waals surface area contributed by atoms with E-state index in [4.69, 9.17) is 4.52 Å². The van der Waals surface area contributed by atoms with E-state index < -0.39 is 0 Å². The van der Waals surface area contributed by atoms with Crippen LogP contribution in [0.4, 0.5) is 6.01 Å². The SMILES string of the molecule is Cc1nc(C(C)(C)C)sc1C(=O)NNc1nc(-c2ccncc2)no1. The molecule has 8 nitrogen and oxygen atoms in total. The Labute approximate surface area is 148 Å². The number of hydrazine groups is 1. The maximum Gasteiger partial charge on any atom is 0.340 e.